The van der Waals surface area contributed by atoms with E-state index in [1.165, 1.54) is 4.46 Å². The van der Waals surface area contributed by atoms with E-state index < -0.39 is 11.9 Å². The van der Waals surface area contributed by atoms with Crippen molar-refractivity contribution in [3.05, 3.63) is 42.5 Å². The summed E-state index contributed by atoms with van der Waals surface area (Å²) in [6.07, 6.45) is 3.28. The first-order chi connectivity index (χ1) is 9.05. The summed E-state index contributed by atoms with van der Waals surface area (Å²) >= 11 is 0.207. The molecule has 0 unspecified atom stereocenters. The van der Waals surface area contributed by atoms with Gasteiger partial charge in [0, 0.05) is 0 Å². The van der Waals surface area contributed by atoms with Gasteiger partial charge in [0.2, 0.25) is 0 Å². The summed E-state index contributed by atoms with van der Waals surface area (Å²) in [5.74, 6) is -0.602. The van der Waals surface area contributed by atoms with Gasteiger partial charge in [-0.3, -0.25) is 0 Å². The van der Waals surface area contributed by atoms with Crippen LogP contribution in [-0.4, -0.2) is 44.2 Å². The van der Waals surface area contributed by atoms with E-state index in [2.05, 4.69) is 18.2 Å². The van der Waals surface area contributed by atoms with E-state index >= 15 is 0 Å². The van der Waals surface area contributed by atoms with Gasteiger partial charge >= 0.3 is 119 Å². The second-order valence-corrected chi connectivity index (χ2v) is 7.96. The summed E-state index contributed by atoms with van der Waals surface area (Å²) < 4.78 is 12.9. The van der Waals surface area contributed by atoms with Gasteiger partial charge in [-0.05, 0) is 0 Å². The van der Waals surface area contributed by atoms with Gasteiger partial charge < -0.3 is 0 Å². The zero-order valence-corrected chi connectivity index (χ0v) is 12.7. The summed E-state index contributed by atoms with van der Waals surface area (Å²) in [6, 6.07) is 10.3. The van der Waals surface area contributed by atoms with Crippen molar-refractivity contribution < 1.29 is 14.6 Å². The fourth-order valence-electron chi connectivity index (χ4n) is 2.52. The van der Waals surface area contributed by atoms with Crippen molar-refractivity contribution in [3.8, 4) is 0 Å². The second-order valence-electron chi connectivity index (χ2n) is 5.34. The number of aliphatic hydroxyl groups excluding tert-OH is 1. The molecular weight excluding hydrogens is 307 g/mol. The Balaban J connectivity index is 1.74. The number of benzene rings is 1. The molecule has 1 aliphatic heterocycles. The number of hydrogen-bond donors (Lipinski definition) is 1. The molecular formula is C15H18O3Se. The first-order valence-corrected chi connectivity index (χ1v) is 8.33. The van der Waals surface area contributed by atoms with Crippen LogP contribution in [-0.2, 0) is 9.47 Å². The van der Waals surface area contributed by atoms with Crippen LogP contribution in [0.15, 0.2) is 42.5 Å². The number of ether oxygens (including phenoxy) is 2. The molecule has 0 bridgehead atoms. The van der Waals surface area contributed by atoms with E-state index in [1.807, 2.05) is 38.1 Å². The topological polar surface area (TPSA) is 38.7 Å². The van der Waals surface area contributed by atoms with Crippen LogP contribution in [0.25, 0.3) is 0 Å². The van der Waals surface area contributed by atoms with Crippen LogP contribution in [0.5, 0.6) is 0 Å². The van der Waals surface area contributed by atoms with E-state index in [-0.39, 0.29) is 32.0 Å². The van der Waals surface area contributed by atoms with Crippen molar-refractivity contribution in [2.75, 3.05) is 0 Å². The number of fused-ring (bicyclic) bond motifs is 1. The van der Waals surface area contributed by atoms with Gasteiger partial charge in [-0.25, -0.2) is 0 Å². The Hall–Kier alpha value is -0.641. The predicted octanol–water partition coefficient (Wildman–Crippen LogP) is 1.26. The Labute approximate surface area is 119 Å². The van der Waals surface area contributed by atoms with Gasteiger partial charge in [-0.2, -0.15) is 0 Å². The van der Waals surface area contributed by atoms with Crippen molar-refractivity contribution in [1.82, 2.24) is 0 Å². The molecule has 0 radical (unpaired) electrons. The summed E-state index contributed by atoms with van der Waals surface area (Å²) in [4.78, 5) is 0.147. The zero-order valence-electron chi connectivity index (χ0n) is 11.0. The molecule has 4 heteroatoms. The molecule has 3 rings (SSSR count). The van der Waals surface area contributed by atoms with Crippen molar-refractivity contribution >= 4 is 19.4 Å². The molecule has 0 saturated carbocycles. The molecule has 1 heterocycles. The van der Waals surface area contributed by atoms with Gasteiger partial charge in [0.15, 0.2) is 0 Å². The van der Waals surface area contributed by atoms with E-state index in [0.29, 0.717) is 0 Å². The molecule has 1 aromatic carbocycles. The third kappa shape index (κ3) is 2.78. The predicted molar refractivity (Wildman–Crippen MR) is 74.6 cm³/mol. The Kier molecular flexibility index (Phi) is 3.54. The molecule has 1 saturated heterocycles. The van der Waals surface area contributed by atoms with Crippen molar-refractivity contribution in [2.45, 2.75) is 42.8 Å². The van der Waals surface area contributed by atoms with Crippen LogP contribution < -0.4 is 4.46 Å². The van der Waals surface area contributed by atoms with Crippen LogP contribution in [0, 0.1) is 0 Å². The first kappa shape index (κ1) is 13.3. The quantitative estimate of drug-likeness (QED) is 0.657. The molecule has 1 fully saturated rings. The van der Waals surface area contributed by atoms with Gasteiger partial charge in [0.05, 0.1) is 0 Å². The van der Waals surface area contributed by atoms with Crippen molar-refractivity contribution in [3.63, 3.8) is 0 Å². The van der Waals surface area contributed by atoms with E-state index in [9.17, 15) is 5.11 Å². The van der Waals surface area contributed by atoms with Gasteiger partial charge in [-0.1, -0.05) is 0 Å². The van der Waals surface area contributed by atoms with Gasteiger partial charge in [0.25, 0.3) is 0 Å². The average Bonchev–Trinajstić information content (AvgIpc) is 2.70. The Morgan fingerprint density at radius 3 is 2.58 bits per heavy atom. The molecule has 1 aromatic rings. The van der Waals surface area contributed by atoms with Gasteiger partial charge in [0.1, 0.15) is 0 Å². The number of rotatable bonds is 2. The maximum atomic E-state index is 10.5. The summed E-state index contributed by atoms with van der Waals surface area (Å²) in [5.41, 5.74) is 0. The summed E-state index contributed by atoms with van der Waals surface area (Å²) in [7, 11) is 0. The third-order valence-corrected chi connectivity index (χ3v) is 5.97. The molecule has 3 nitrogen and oxygen atoms in total. The molecule has 1 aliphatic carbocycles. The second kappa shape index (κ2) is 5.04. The van der Waals surface area contributed by atoms with Crippen LogP contribution in [0.3, 0.4) is 0 Å². The average molecular weight is 325 g/mol. The minimum atomic E-state index is -0.602. The molecule has 0 amide bonds. The molecule has 2 aliphatic rings. The van der Waals surface area contributed by atoms with Crippen LogP contribution in [0.1, 0.15) is 13.8 Å². The molecule has 19 heavy (non-hydrogen) atoms. The normalized spacial score (nSPS) is 36.2. The summed E-state index contributed by atoms with van der Waals surface area (Å²) in [6.45, 7) is 3.78. The van der Waals surface area contributed by atoms with Crippen LogP contribution in [0.4, 0.5) is 0 Å². The molecule has 4 atom stereocenters. The van der Waals surface area contributed by atoms with E-state index in [4.69, 9.17) is 9.47 Å². The van der Waals surface area contributed by atoms with Crippen LogP contribution in [0.2, 0.25) is 4.82 Å². The Bertz CT molecular complexity index is 472. The Morgan fingerprint density at radius 2 is 1.84 bits per heavy atom. The number of aliphatic hydroxyl groups is 1. The molecule has 102 valence electrons. The number of hydrogen-bond acceptors (Lipinski definition) is 3. The zero-order chi connectivity index (χ0) is 13.5. The SMILES string of the molecule is CC1(C)O[C@H]2[C@H](O)[C@@H]([Se]c3ccccc3)C=C[C@H]2O1. The van der Waals surface area contributed by atoms with Gasteiger partial charge in [-0.15, -0.1) is 0 Å². The monoisotopic (exact) mass is 326 g/mol. The van der Waals surface area contributed by atoms with Crippen molar-refractivity contribution in [1.29, 1.82) is 0 Å². The summed E-state index contributed by atoms with van der Waals surface area (Å²) in [5, 5.41) is 10.5. The molecule has 0 spiro atoms. The molecule has 0 aromatic heterocycles. The van der Waals surface area contributed by atoms with Crippen LogP contribution >= 0.6 is 0 Å². The standard InChI is InChI=1S/C15H18O3Se/c1-15(2)17-11-8-9-12(13(16)14(11)18-15)19-10-6-4-3-5-7-10/h3-9,11-14,16H,1-2H3/t11-,12+,13-,14-/m1/s1. The molecule has 1 N–H and O–H groups in total. The van der Waals surface area contributed by atoms with E-state index in [1.54, 1.807) is 0 Å². The minimum absolute atomic E-state index is 0.118. The van der Waals surface area contributed by atoms with E-state index in [0.717, 1.165) is 0 Å². The third-order valence-electron chi connectivity index (χ3n) is 3.34. The maximum absolute atomic E-state index is 10.5. The van der Waals surface area contributed by atoms with Crippen molar-refractivity contribution in [2.24, 2.45) is 0 Å². The fraction of sp³-hybridized carbons (Fsp3) is 0.467. The first-order valence-electron chi connectivity index (χ1n) is 6.49. The fourth-order valence-corrected chi connectivity index (χ4v) is 4.81. The Morgan fingerprint density at radius 1 is 1.11 bits per heavy atom.